The highest BCUT2D eigenvalue weighted by Crippen LogP contribution is 2.29. The van der Waals surface area contributed by atoms with Crippen molar-refractivity contribution in [3.63, 3.8) is 0 Å². The molecule has 6 nitrogen and oxygen atoms in total. The van der Waals surface area contributed by atoms with Crippen LogP contribution in [0.15, 0.2) is 23.2 Å². The van der Waals surface area contributed by atoms with Crippen LogP contribution in [-0.4, -0.2) is 57.9 Å². The van der Waals surface area contributed by atoms with Gasteiger partial charge in [0.05, 0.1) is 20.3 Å². The molecule has 1 heterocycles. The first-order valence-corrected chi connectivity index (χ1v) is 8.72. The van der Waals surface area contributed by atoms with E-state index in [2.05, 4.69) is 19.9 Å². The molecular formula is C18H28F2IN3O3. The Kier molecular flexibility index (Phi) is 10.7. The van der Waals surface area contributed by atoms with Crippen molar-refractivity contribution in [2.75, 3.05) is 40.5 Å². The lowest BCUT2D eigenvalue weighted by molar-refractivity contribution is -0.0512. The number of methoxy groups -OCH3 is 1. The second kappa shape index (κ2) is 12.2. The van der Waals surface area contributed by atoms with Gasteiger partial charge in [0.15, 0.2) is 17.5 Å². The van der Waals surface area contributed by atoms with Crippen molar-refractivity contribution in [2.24, 2.45) is 10.9 Å². The molecule has 9 heteroatoms. The van der Waals surface area contributed by atoms with Crippen LogP contribution in [0.25, 0.3) is 0 Å². The van der Waals surface area contributed by atoms with Crippen molar-refractivity contribution in [3.05, 3.63) is 23.8 Å². The van der Waals surface area contributed by atoms with Crippen LogP contribution in [0.5, 0.6) is 11.5 Å². The zero-order chi connectivity index (χ0) is 18.9. The summed E-state index contributed by atoms with van der Waals surface area (Å²) in [5, 5.41) is 3.26. The van der Waals surface area contributed by atoms with Gasteiger partial charge < -0.3 is 24.4 Å². The fourth-order valence-corrected chi connectivity index (χ4v) is 2.84. The van der Waals surface area contributed by atoms with Gasteiger partial charge in [0.25, 0.3) is 0 Å². The molecule has 1 aromatic rings. The summed E-state index contributed by atoms with van der Waals surface area (Å²) in [6, 6.07) is 4.92. The van der Waals surface area contributed by atoms with E-state index in [0.29, 0.717) is 12.5 Å². The minimum absolute atomic E-state index is 0. The average Bonchev–Trinajstić information content (AvgIpc) is 3.11. The number of guanidine groups is 1. The molecule has 0 bridgehead atoms. The van der Waals surface area contributed by atoms with Gasteiger partial charge >= 0.3 is 6.61 Å². The van der Waals surface area contributed by atoms with Crippen molar-refractivity contribution in [1.29, 1.82) is 0 Å². The molecule has 1 aromatic carbocycles. The number of nitrogens with zero attached hydrogens (tertiary/aromatic N) is 2. The maximum Gasteiger partial charge on any atom is 0.387 e. The van der Waals surface area contributed by atoms with Crippen molar-refractivity contribution in [1.82, 2.24) is 10.2 Å². The molecule has 2 rings (SSSR count). The molecule has 0 radical (unpaired) electrons. The second-order valence-electron chi connectivity index (χ2n) is 6.14. The van der Waals surface area contributed by atoms with E-state index < -0.39 is 6.61 Å². The number of hydrogen-bond acceptors (Lipinski definition) is 4. The minimum Gasteiger partial charge on any atom is -0.493 e. The van der Waals surface area contributed by atoms with Crippen LogP contribution in [0.4, 0.5) is 8.78 Å². The Morgan fingerprint density at radius 2 is 2.19 bits per heavy atom. The quantitative estimate of drug-likeness (QED) is 0.338. The second-order valence-corrected chi connectivity index (χ2v) is 6.14. The van der Waals surface area contributed by atoms with Crippen LogP contribution in [-0.2, 0) is 11.3 Å². The number of nitrogens with one attached hydrogen (secondary N) is 1. The standard InChI is InChI=1S/C18H27F2N3O3.HI/c1-4-21-18(23(2)11-14-7-8-25-12-14)22-10-13-5-6-15(24-3)16(9-13)26-17(19)20;/h5-6,9,14,17H,4,7-8,10-12H2,1-3H3,(H,21,22);1H. The zero-order valence-electron chi connectivity index (χ0n) is 15.9. The largest absolute Gasteiger partial charge is 0.493 e. The third-order valence-electron chi connectivity index (χ3n) is 4.11. The summed E-state index contributed by atoms with van der Waals surface area (Å²) in [6.07, 6.45) is 1.05. The summed E-state index contributed by atoms with van der Waals surface area (Å²) in [6.45, 7) is 2.63. The van der Waals surface area contributed by atoms with E-state index >= 15 is 0 Å². The van der Waals surface area contributed by atoms with Gasteiger partial charge in [-0.25, -0.2) is 4.99 Å². The van der Waals surface area contributed by atoms with Gasteiger partial charge in [-0.15, -0.1) is 24.0 Å². The third-order valence-corrected chi connectivity index (χ3v) is 4.11. The van der Waals surface area contributed by atoms with E-state index in [9.17, 15) is 8.78 Å². The first-order chi connectivity index (χ1) is 12.5. The van der Waals surface area contributed by atoms with E-state index in [0.717, 1.165) is 44.2 Å². The van der Waals surface area contributed by atoms with Crippen LogP contribution in [0.1, 0.15) is 18.9 Å². The van der Waals surface area contributed by atoms with E-state index in [4.69, 9.17) is 9.47 Å². The monoisotopic (exact) mass is 499 g/mol. The fraction of sp³-hybridized carbons (Fsp3) is 0.611. The first-order valence-electron chi connectivity index (χ1n) is 8.72. The highest BCUT2D eigenvalue weighted by molar-refractivity contribution is 14.0. The number of aliphatic imine (C=N–C) groups is 1. The van der Waals surface area contributed by atoms with Crippen LogP contribution in [0.3, 0.4) is 0 Å². The number of ether oxygens (including phenoxy) is 3. The predicted molar refractivity (Wildman–Crippen MR) is 111 cm³/mol. The molecular weight excluding hydrogens is 471 g/mol. The van der Waals surface area contributed by atoms with Crippen LogP contribution < -0.4 is 14.8 Å². The first kappa shape index (κ1) is 23.7. The summed E-state index contributed by atoms with van der Waals surface area (Å²) >= 11 is 0. The molecule has 0 amide bonds. The molecule has 1 unspecified atom stereocenters. The van der Waals surface area contributed by atoms with Crippen molar-refractivity contribution >= 4 is 29.9 Å². The molecule has 1 aliphatic heterocycles. The van der Waals surface area contributed by atoms with E-state index in [1.54, 1.807) is 12.1 Å². The van der Waals surface area contributed by atoms with Gasteiger partial charge in [0, 0.05) is 32.7 Å². The lowest BCUT2D eigenvalue weighted by atomic mass is 10.1. The van der Waals surface area contributed by atoms with Crippen molar-refractivity contribution in [3.8, 4) is 11.5 Å². The topological polar surface area (TPSA) is 55.3 Å². The Labute approximate surface area is 176 Å². The summed E-state index contributed by atoms with van der Waals surface area (Å²) < 4.78 is 40.1. The molecule has 0 spiro atoms. The van der Waals surface area contributed by atoms with Gasteiger partial charge in [0.1, 0.15) is 0 Å². The highest BCUT2D eigenvalue weighted by Gasteiger charge is 2.19. The molecule has 1 saturated heterocycles. The zero-order valence-corrected chi connectivity index (χ0v) is 18.2. The number of halogens is 3. The fourth-order valence-electron chi connectivity index (χ4n) is 2.84. The summed E-state index contributed by atoms with van der Waals surface area (Å²) in [7, 11) is 3.40. The molecule has 0 aliphatic carbocycles. The molecule has 1 aliphatic rings. The molecule has 154 valence electrons. The molecule has 1 N–H and O–H groups in total. The maximum absolute atomic E-state index is 12.6. The van der Waals surface area contributed by atoms with E-state index in [1.165, 1.54) is 13.2 Å². The van der Waals surface area contributed by atoms with E-state index in [1.807, 2.05) is 14.0 Å². The smallest absolute Gasteiger partial charge is 0.387 e. The Balaban J connectivity index is 0.00000364. The Morgan fingerprint density at radius 1 is 1.41 bits per heavy atom. The molecule has 1 fully saturated rings. The van der Waals surface area contributed by atoms with Crippen LogP contribution in [0.2, 0.25) is 0 Å². The SMILES string of the molecule is CCNC(=NCc1ccc(OC)c(OC(F)F)c1)N(C)CC1CCOC1.I. The van der Waals surface area contributed by atoms with Crippen LogP contribution in [0, 0.1) is 5.92 Å². The van der Waals surface area contributed by atoms with Gasteiger partial charge in [-0.05, 0) is 31.0 Å². The van der Waals surface area contributed by atoms with Gasteiger partial charge in [-0.1, -0.05) is 6.07 Å². The number of hydrogen-bond donors (Lipinski definition) is 1. The molecule has 0 saturated carbocycles. The summed E-state index contributed by atoms with van der Waals surface area (Å²) in [4.78, 5) is 6.68. The number of benzene rings is 1. The highest BCUT2D eigenvalue weighted by atomic mass is 127. The maximum atomic E-state index is 12.6. The average molecular weight is 499 g/mol. The van der Waals surface area contributed by atoms with E-state index in [-0.39, 0.29) is 35.5 Å². The molecule has 1 atom stereocenters. The third kappa shape index (κ3) is 7.65. The Bertz CT molecular complexity index is 599. The Morgan fingerprint density at radius 3 is 2.78 bits per heavy atom. The summed E-state index contributed by atoms with van der Waals surface area (Å²) in [5.74, 6) is 1.54. The number of rotatable bonds is 8. The van der Waals surface area contributed by atoms with Crippen LogP contribution >= 0.6 is 24.0 Å². The van der Waals surface area contributed by atoms with Gasteiger partial charge in [0.2, 0.25) is 0 Å². The molecule has 0 aromatic heterocycles. The lowest BCUT2D eigenvalue weighted by Gasteiger charge is -2.24. The lowest BCUT2D eigenvalue weighted by Crippen LogP contribution is -2.41. The van der Waals surface area contributed by atoms with Crippen molar-refractivity contribution < 1.29 is 23.0 Å². The van der Waals surface area contributed by atoms with Gasteiger partial charge in [-0.3, -0.25) is 0 Å². The van der Waals surface area contributed by atoms with Crippen molar-refractivity contribution in [2.45, 2.75) is 26.5 Å². The molecule has 27 heavy (non-hydrogen) atoms. The number of alkyl halides is 2. The predicted octanol–water partition coefficient (Wildman–Crippen LogP) is 3.35. The normalized spacial score (nSPS) is 16.8. The minimum atomic E-state index is -2.90. The summed E-state index contributed by atoms with van der Waals surface area (Å²) in [5.41, 5.74) is 0.759. The van der Waals surface area contributed by atoms with Gasteiger partial charge in [-0.2, -0.15) is 8.78 Å². The Hall–Kier alpha value is -1.36.